The van der Waals surface area contributed by atoms with Crippen LogP contribution in [0.4, 0.5) is 39.4 Å². The molecule has 1 aliphatic rings. The van der Waals surface area contributed by atoms with Crippen LogP contribution in [-0.4, -0.2) is 60.6 Å². The molecule has 3 N–H and O–H groups in total. The van der Waals surface area contributed by atoms with Gasteiger partial charge in [0.15, 0.2) is 11.6 Å². The number of hydrogen-bond donors (Lipinski definition) is 2. The van der Waals surface area contributed by atoms with E-state index in [2.05, 4.69) is 0 Å². The van der Waals surface area contributed by atoms with E-state index >= 15 is 8.78 Å². The molecule has 0 bridgehead atoms. The van der Waals surface area contributed by atoms with Crippen molar-refractivity contribution < 1.29 is 31.9 Å². The Bertz CT molecular complexity index is 1420. The number of carbonyl (C=O) groups excluding carboxylic acids is 2. The molecule has 38 heavy (non-hydrogen) atoms. The highest BCUT2D eigenvalue weighted by Crippen LogP contribution is 2.30. The van der Waals surface area contributed by atoms with Crippen LogP contribution < -0.4 is 26.4 Å². The van der Waals surface area contributed by atoms with Gasteiger partial charge in [-0.2, -0.15) is 8.78 Å². The topological polar surface area (TPSA) is 115 Å². The minimum Gasteiger partial charge on any atom is -0.442 e. The average molecular weight is 539 g/mol. The van der Waals surface area contributed by atoms with E-state index in [4.69, 9.17) is 10.5 Å². The average Bonchev–Trinajstić information content (AvgIpc) is 3.36. The standard InChI is InChI=1S/C24H26F4N6O4/c1-3-33-23(36)16-8-13(29)4-5-19(16)34(33)7-6-31(2)20-17(25)9-14(10-18(20)26)32-12-15(38-24(32)37)11-30-22(35)21(27)28/h4-5,8-10,15,21H,3,6-7,11-12,29H2,1-2H3,(H,30,35)/t15-/m0/s1. The van der Waals surface area contributed by atoms with Gasteiger partial charge in [0.2, 0.25) is 0 Å². The molecule has 2 heterocycles. The Hall–Kier alpha value is -4.23. The Kier molecular flexibility index (Phi) is 7.51. The lowest BCUT2D eigenvalue weighted by Gasteiger charge is -2.23. The fourth-order valence-corrected chi connectivity index (χ4v) is 4.44. The monoisotopic (exact) mass is 538 g/mol. The molecular weight excluding hydrogens is 512 g/mol. The van der Waals surface area contributed by atoms with E-state index in [1.807, 2.05) is 12.2 Å². The Balaban J connectivity index is 1.49. The first kappa shape index (κ1) is 26.8. The number of nitrogens with one attached hydrogen (secondary N) is 1. The van der Waals surface area contributed by atoms with Crippen LogP contribution in [-0.2, 0) is 22.6 Å². The zero-order valence-electron chi connectivity index (χ0n) is 20.6. The molecule has 0 spiro atoms. The highest BCUT2D eigenvalue weighted by Gasteiger charge is 2.34. The van der Waals surface area contributed by atoms with Crippen LogP contribution in [0.1, 0.15) is 6.92 Å². The van der Waals surface area contributed by atoms with Gasteiger partial charge in [0.1, 0.15) is 11.8 Å². The van der Waals surface area contributed by atoms with Crippen molar-refractivity contribution in [3.8, 4) is 0 Å². The summed E-state index contributed by atoms with van der Waals surface area (Å²) in [6.45, 7) is 1.99. The van der Waals surface area contributed by atoms with E-state index in [0.717, 1.165) is 17.0 Å². The molecular formula is C24H26F4N6O4. The molecule has 1 atom stereocenters. The first-order chi connectivity index (χ1) is 18.0. The minimum absolute atomic E-state index is 0.126. The van der Waals surface area contributed by atoms with Crippen molar-refractivity contribution in [1.82, 2.24) is 14.7 Å². The number of nitrogen functional groups attached to an aromatic ring is 1. The number of ether oxygens (including phenoxy) is 1. The maximum atomic E-state index is 15.1. The van der Waals surface area contributed by atoms with E-state index in [0.29, 0.717) is 23.1 Å². The first-order valence-corrected chi connectivity index (χ1v) is 11.7. The summed E-state index contributed by atoms with van der Waals surface area (Å²) in [6.07, 6.45) is -5.12. The lowest BCUT2D eigenvalue weighted by atomic mass is 10.2. The normalized spacial score (nSPS) is 15.4. The van der Waals surface area contributed by atoms with Crippen molar-refractivity contribution in [1.29, 1.82) is 0 Å². The summed E-state index contributed by atoms with van der Waals surface area (Å²) < 4.78 is 63.1. The number of benzene rings is 2. The number of carbonyl (C=O) groups is 2. The van der Waals surface area contributed by atoms with Gasteiger partial charge in [0.25, 0.3) is 11.5 Å². The van der Waals surface area contributed by atoms with E-state index in [1.165, 1.54) is 16.6 Å². The van der Waals surface area contributed by atoms with Gasteiger partial charge in [0.05, 0.1) is 36.2 Å². The first-order valence-electron chi connectivity index (χ1n) is 11.7. The molecule has 1 aromatic heterocycles. The van der Waals surface area contributed by atoms with Crippen molar-refractivity contribution in [3.63, 3.8) is 0 Å². The number of cyclic esters (lactones) is 1. The van der Waals surface area contributed by atoms with Crippen LogP contribution in [0.25, 0.3) is 10.9 Å². The molecule has 0 saturated carbocycles. The zero-order chi connectivity index (χ0) is 27.7. The zero-order valence-corrected chi connectivity index (χ0v) is 20.6. The van der Waals surface area contributed by atoms with Gasteiger partial charge in [-0.1, -0.05) is 0 Å². The summed E-state index contributed by atoms with van der Waals surface area (Å²) in [4.78, 5) is 38.3. The van der Waals surface area contributed by atoms with Crippen molar-refractivity contribution in [2.75, 3.05) is 42.2 Å². The molecule has 0 aliphatic carbocycles. The van der Waals surface area contributed by atoms with Crippen LogP contribution in [0.3, 0.4) is 0 Å². The lowest BCUT2D eigenvalue weighted by Crippen LogP contribution is -2.37. The third kappa shape index (κ3) is 5.10. The number of fused-ring (bicyclic) bond motifs is 1. The highest BCUT2D eigenvalue weighted by atomic mass is 19.3. The molecule has 1 fully saturated rings. The fraction of sp³-hybridized carbons (Fsp3) is 0.375. The van der Waals surface area contributed by atoms with Crippen molar-refractivity contribution >= 4 is 40.0 Å². The number of aromatic nitrogens is 2. The molecule has 10 nitrogen and oxygen atoms in total. The second kappa shape index (κ2) is 10.6. The number of rotatable bonds is 9. The molecule has 2 aromatic carbocycles. The number of halogens is 4. The predicted octanol–water partition coefficient (Wildman–Crippen LogP) is 2.53. The molecule has 0 unspecified atom stereocenters. The second-order valence-corrected chi connectivity index (χ2v) is 8.76. The number of hydrogen-bond acceptors (Lipinski definition) is 6. The van der Waals surface area contributed by atoms with Gasteiger partial charge in [-0.15, -0.1) is 0 Å². The van der Waals surface area contributed by atoms with Gasteiger partial charge in [0, 0.05) is 38.0 Å². The second-order valence-electron chi connectivity index (χ2n) is 8.76. The molecule has 204 valence electrons. The van der Waals surface area contributed by atoms with Crippen molar-refractivity contribution in [2.45, 2.75) is 32.5 Å². The van der Waals surface area contributed by atoms with E-state index in [1.54, 1.807) is 22.9 Å². The van der Waals surface area contributed by atoms with Gasteiger partial charge in [-0.05, 0) is 25.1 Å². The van der Waals surface area contributed by atoms with Crippen molar-refractivity contribution in [3.05, 3.63) is 52.3 Å². The van der Waals surface area contributed by atoms with Crippen LogP contribution >= 0.6 is 0 Å². The molecule has 0 radical (unpaired) electrons. The van der Waals surface area contributed by atoms with E-state index in [9.17, 15) is 23.2 Å². The van der Waals surface area contributed by atoms with Gasteiger partial charge in [-0.3, -0.25) is 19.2 Å². The quantitative estimate of drug-likeness (QED) is 0.320. The Morgan fingerprint density at radius 2 is 1.87 bits per heavy atom. The Morgan fingerprint density at radius 3 is 2.50 bits per heavy atom. The number of amides is 2. The maximum Gasteiger partial charge on any atom is 0.414 e. The highest BCUT2D eigenvalue weighted by molar-refractivity contribution is 5.90. The number of nitrogens with zero attached hydrogens (tertiary/aromatic N) is 4. The molecule has 1 aliphatic heterocycles. The third-order valence-corrected chi connectivity index (χ3v) is 6.27. The maximum absolute atomic E-state index is 15.1. The number of nitrogens with two attached hydrogens (primary N) is 1. The summed E-state index contributed by atoms with van der Waals surface area (Å²) in [5.74, 6) is -3.40. The van der Waals surface area contributed by atoms with Gasteiger partial charge in [-0.25, -0.2) is 18.3 Å². The molecule has 14 heteroatoms. The lowest BCUT2D eigenvalue weighted by molar-refractivity contribution is -0.132. The van der Waals surface area contributed by atoms with Crippen LogP contribution in [0, 0.1) is 11.6 Å². The molecule has 2 amide bonds. The fourth-order valence-electron chi connectivity index (χ4n) is 4.44. The van der Waals surface area contributed by atoms with Crippen LogP contribution in [0.15, 0.2) is 35.1 Å². The third-order valence-electron chi connectivity index (χ3n) is 6.27. The van der Waals surface area contributed by atoms with E-state index in [-0.39, 0.29) is 43.1 Å². The van der Waals surface area contributed by atoms with Gasteiger partial charge >= 0.3 is 12.5 Å². The molecule has 3 aromatic rings. The number of anilines is 3. The van der Waals surface area contributed by atoms with Crippen LogP contribution in [0.5, 0.6) is 0 Å². The number of likely N-dealkylation sites (N-methyl/N-ethyl adjacent to an activating group) is 1. The SMILES string of the molecule is CCn1c(=O)c2cc(N)ccc2n1CCN(C)c1c(F)cc(N2C[C@H](CNC(=O)C(F)F)OC2=O)cc1F. The van der Waals surface area contributed by atoms with Gasteiger partial charge < -0.3 is 20.7 Å². The van der Waals surface area contributed by atoms with Crippen molar-refractivity contribution in [2.24, 2.45) is 0 Å². The van der Waals surface area contributed by atoms with Crippen LogP contribution in [0.2, 0.25) is 0 Å². The Morgan fingerprint density at radius 1 is 1.18 bits per heavy atom. The Labute approximate surface area is 214 Å². The number of alkyl halides is 2. The summed E-state index contributed by atoms with van der Waals surface area (Å²) in [7, 11) is 1.49. The van der Waals surface area contributed by atoms with E-state index < -0.39 is 36.2 Å². The smallest absolute Gasteiger partial charge is 0.414 e. The predicted molar refractivity (Wildman–Crippen MR) is 133 cm³/mol. The molecule has 1 saturated heterocycles. The summed E-state index contributed by atoms with van der Waals surface area (Å²) in [6, 6.07) is 6.90. The molecule has 4 rings (SSSR count). The summed E-state index contributed by atoms with van der Waals surface area (Å²) >= 11 is 0. The minimum atomic E-state index is -3.22. The summed E-state index contributed by atoms with van der Waals surface area (Å²) in [5, 5.41) is 2.38. The largest absolute Gasteiger partial charge is 0.442 e. The summed E-state index contributed by atoms with van der Waals surface area (Å²) in [5.41, 5.74) is 6.21.